The highest BCUT2D eigenvalue weighted by Crippen LogP contribution is 2.30. The maximum absolute atomic E-state index is 9.06. The Labute approximate surface area is 80.0 Å². The van der Waals surface area contributed by atoms with Crippen LogP contribution in [-0.4, -0.2) is 29.7 Å². The zero-order chi connectivity index (χ0) is 9.90. The van der Waals surface area contributed by atoms with Gasteiger partial charge in [0.15, 0.2) is 5.79 Å². The number of unbranched alkanes of at least 4 members (excludes halogenated alkanes) is 1. The molecule has 0 aliphatic carbocycles. The lowest BCUT2D eigenvalue weighted by Gasteiger charge is -2.16. The molecule has 0 radical (unpaired) electrons. The third kappa shape index (κ3) is 2.93. The normalized spacial score (nSPS) is 32.3. The van der Waals surface area contributed by atoms with Gasteiger partial charge in [0.25, 0.3) is 0 Å². The molecular formula is C10H20O3. The Balaban J connectivity index is 2.43. The molecule has 1 fully saturated rings. The minimum atomic E-state index is -0.522. The molecule has 1 N–H and O–H groups in total. The molecule has 0 bridgehead atoms. The van der Waals surface area contributed by atoms with Crippen molar-refractivity contribution in [2.75, 3.05) is 6.61 Å². The summed E-state index contributed by atoms with van der Waals surface area (Å²) >= 11 is 0. The second-order valence-corrected chi connectivity index (χ2v) is 4.04. The van der Waals surface area contributed by atoms with Crippen LogP contribution in [0.4, 0.5) is 0 Å². The SMILES string of the molecule is CCCC[C@@H]1OC(C)(C)O[C@@H]1CO. The summed E-state index contributed by atoms with van der Waals surface area (Å²) in [5, 5.41) is 9.06. The number of aliphatic hydroxyl groups is 1. The third-order valence-electron chi connectivity index (χ3n) is 2.31. The molecule has 3 nitrogen and oxygen atoms in total. The molecule has 1 aliphatic rings. The second kappa shape index (κ2) is 4.40. The lowest BCUT2D eigenvalue weighted by atomic mass is 10.1. The minimum absolute atomic E-state index is 0.0534. The van der Waals surface area contributed by atoms with E-state index in [4.69, 9.17) is 14.6 Å². The fourth-order valence-electron chi connectivity index (χ4n) is 1.71. The average molecular weight is 188 g/mol. The van der Waals surface area contributed by atoms with E-state index in [0.29, 0.717) is 0 Å². The van der Waals surface area contributed by atoms with Gasteiger partial charge in [0.1, 0.15) is 6.10 Å². The van der Waals surface area contributed by atoms with Gasteiger partial charge in [0, 0.05) is 0 Å². The summed E-state index contributed by atoms with van der Waals surface area (Å²) < 4.78 is 11.2. The third-order valence-corrected chi connectivity index (χ3v) is 2.31. The second-order valence-electron chi connectivity index (χ2n) is 4.04. The smallest absolute Gasteiger partial charge is 0.163 e. The van der Waals surface area contributed by atoms with Crippen molar-refractivity contribution < 1.29 is 14.6 Å². The molecule has 1 heterocycles. The summed E-state index contributed by atoms with van der Waals surface area (Å²) in [5.41, 5.74) is 0. The standard InChI is InChI=1S/C10H20O3/c1-4-5-6-8-9(7-11)13-10(2,3)12-8/h8-9,11H,4-7H2,1-3H3/t8-,9+/m0/s1. The predicted molar refractivity (Wildman–Crippen MR) is 50.4 cm³/mol. The van der Waals surface area contributed by atoms with Crippen molar-refractivity contribution in [3.8, 4) is 0 Å². The summed E-state index contributed by atoms with van der Waals surface area (Å²) in [5.74, 6) is -0.522. The van der Waals surface area contributed by atoms with E-state index in [2.05, 4.69) is 6.92 Å². The number of rotatable bonds is 4. The van der Waals surface area contributed by atoms with E-state index in [-0.39, 0.29) is 18.8 Å². The predicted octanol–water partition coefficient (Wildman–Crippen LogP) is 1.69. The summed E-state index contributed by atoms with van der Waals surface area (Å²) in [6, 6.07) is 0. The number of aliphatic hydroxyl groups excluding tert-OH is 1. The number of ether oxygens (including phenoxy) is 2. The van der Waals surface area contributed by atoms with E-state index in [1.54, 1.807) is 0 Å². The van der Waals surface area contributed by atoms with Gasteiger partial charge in [-0.05, 0) is 20.3 Å². The van der Waals surface area contributed by atoms with Gasteiger partial charge in [-0.25, -0.2) is 0 Å². The quantitative estimate of drug-likeness (QED) is 0.729. The zero-order valence-electron chi connectivity index (χ0n) is 8.75. The molecule has 0 unspecified atom stereocenters. The van der Waals surface area contributed by atoms with E-state index in [9.17, 15) is 0 Å². The molecule has 0 aromatic heterocycles. The molecule has 13 heavy (non-hydrogen) atoms. The van der Waals surface area contributed by atoms with Gasteiger partial charge in [-0.1, -0.05) is 19.8 Å². The first-order valence-electron chi connectivity index (χ1n) is 5.05. The van der Waals surface area contributed by atoms with E-state index < -0.39 is 5.79 Å². The highest BCUT2D eigenvalue weighted by atomic mass is 16.8. The first-order valence-corrected chi connectivity index (χ1v) is 5.05. The molecule has 0 saturated carbocycles. The molecule has 0 aromatic carbocycles. The lowest BCUT2D eigenvalue weighted by molar-refractivity contribution is -0.149. The van der Waals surface area contributed by atoms with Crippen molar-refractivity contribution in [2.24, 2.45) is 0 Å². The van der Waals surface area contributed by atoms with Gasteiger partial charge >= 0.3 is 0 Å². The van der Waals surface area contributed by atoms with Crippen LogP contribution in [-0.2, 0) is 9.47 Å². The van der Waals surface area contributed by atoms with Gasteiger partial charge in [0.05, 0.1) is 12.7 Å². The first-order chi connectivity index (χ1) is 6.09. The average Bonchev–Trinajstić information content (AvgIpc) is 2.37. The maximum Gasteiger partial charge on any atom is 0.163 e. The van der Waals surface area contributed by atoms with Gasteiger partial charge in [-0.2, -0.15) is 0 Å². The molecule has 0 spiro atoms. The molecule has 1 rings (SSSR count). The van der Waals surface area contributed by atoms with E-state index >= 15 is 0 Å². The summed E-state index contributed by atoms with van der Waals surface area (Å²) in [6.07, 6.45) is 3.19. The molecule has 1 aliphatic heterocycles. The first kappa shape index (κ1) is 11.0. The van der Waals surface area contributed by atoms with Crippen LogP contribution in [0.1, 0.15) is 40.0 Å². The van der Waals surface area contributed by atoms with Crippen molar-refractivity contribution in [1.82, 2.24) is 0 Å². The largest absolute Gasteiger partial charge is 0.394 e. The van der Waals surface area contributed by atoms with E-state index in [0.717, 1.165) is 19.3 Å². The van der Waals surface area contributed by atoms with Crippen LogP contribution in [0.15, 0.2) is 0 Å². The molecule has 2 atom stereocenters. The molecule has 0 aromatic rings. The monoisotopic (exact) mass is 188 g/mol. The Kier molecular flexibility index (Phi) is 3.71. The number of hydrogen-bond donors (Lipinski definition) is 1. The number of hydrogen-bond acceptors (Lipinski definition) is 3. The highest BCUT2D eigenvalue weighted by molar-refractivity contribution is 4.80. The van der Waals surface area contributed by atoms with Crippen LogP contribution >= 0.6 is 0 Å². The lowest BCUT2D eigenvalue weighted by Crippen LogP contribution is -2.26. The van der Waals surface area contributed by atoms with E-state index in [1.165, 1.54) is 0 Å². The fraction of sp³-hybridized carbons (Fsp3) is 1.00. The summed E-state index contributed by atoms with van der Waals surface area (Å²) in [4.78, 5) is 0. The van der Waals surface area contributed by atoms with Crippen molar-refractivity contribution in [3.63, 3.8) is 0 Å². The summed E-state index contributed by atoms with van der Waals surface area (Å²) in [7, 11) is 0. The van der Waals surface area contributed by atoms with Crippen LogP contribution in [0.3, 0.4) is 0 Å². The molecule has 0 amide bonds. The maximum atomic E-state index is 9.06. The topological polar surface area (TPSA) is 38.7 Å². The van der Waals surface area contributed by atoms with Gasteiger partial charge in [-0.15, -0.1) is 0 Å². The van der Waals surface area contributed by atoms with Crippen LogP contribution in [0.5, 0.6) is 0 Å². The van der Waals surface area contributed by atoms with Gasteiger partial charge in [-0.3, -0.25) is 0 Å². The summed E-state index contributed by atoms with van der Waals surface area (Å²) in [6.45, 7) is 5.98. The Morgan fingerprint density at radius 3 is 2.38 bits per heavy atom. The van der Waals surface area contributed by atoms with Crippen molar-refractivity contribution in [1.29, 1.82) is 0 Å². The Morgan fingerprint density at radius 2 is 1.85 bits per heavy atom. The molecule has 78 valence electrons. The molecular weight excluding hydrogens is 168 g/mol. The van der Waals surface area contributed by atoms with Crippen LogP contribution in [0.25, 0.3) is 0 Å². The van der Waals surface area contributed by atoms with Crippen molar-refractivity contribution >= 4 is 0 Å². The van der Waals surface area contributed by atoms with Crippen LogP contribution < -0.4 is 0 Å². The Hall–Kier alpha value is -0.120. The van der Waals surface area contributed by atoms with Gasteiger partial charge < -0.3 is 14.6 Å². The van der Waals surface area contributed by atoms with Crippen molar-refractivity contribution in [2.45, 2.75) is 58.0 Å². The molecule has 3 heteroatoms. The van der Waals surface area contributed by atoms with E-state index in [1.807, 2.05) is 13.8 Å². The van der Waals surface area contributed by atoms with Crippen LogP contribution in [0, 0.1) is 0 Å². The highest BCUT2D eigenvalue weighted by Gasteiger charge is 2.40. The minimum Gasteiger partial charge on any atom is -0.394 e. The zero-order valence-corrected chi connectivity index (χ0v) is 8.75. The van der Waals surface area contributed by atoms with Gasteiger partial charge in [0.2, 0.25) is 0 Å². The van der Waals surface area contributed by atoms with Crippen molar-refractivity contribution in [3.05, 3.63) is 0 Å². The molecule has 1 saturated heterocycles. The Bertz CT molecular complexity index is 156. The Morgan fingerprint density at radius 1 is 1.23 bits per heavy atom. The van der Waals surface area contributed by atoms with Crippen LogP contribution in [0.2, 0.25) is 0 Å². The fourth-order valence-corrected chi connectivity index (χ4v) is 1.71.